The monoisotopic (exact) mass is 440 g/mol. The van der Waals surface area contributed by atoms with Crippen molar-refractivity contribution in [1.82, 2.24) is 4.90 Å². The Hall–Kier alpha value is -2.54. The fourth-order valence-corrected chi connectivity index (χ4v) is 4.80. The molecule has 0 bridgehead atoms. The van der Waals surface area contributed by atoms with Crippen molar-refractivity contribution in [2.24, 2.45) is 4.99 Å². The number of rotatable bonds is 4. The van der Waals surface area contributed by atoms with E-state index in [0.29, 0.717) is 15.1 Å². The highest BCUT2D eigenvalue weighted by Crippen LogP contribution is 2.35. The standard InChI is InChI=1S/C22H17ClN2O2S2/c1-25-21(26)20(29-22(25)24-17-7-9-18(27-2)10-8-17)12-19-11-15(13-28-19)14-3-5-16(23)6-4-14/h3-13H,1-2H3/b20-12-,24-22?. The molecule has 0 N–H and O–H groups in total. The second-order valence-electron chi connectivity index (χ2n) is 6.31. The SMILES string of the molecule is COc1ccc(N=C2S/C(=C\c3cc(-c4ccc(Cl)cc4)cs3)C(=O)N2C)cc1. The third-order valence-corrected chi connectivity index (χ3v) is 6.56. The van der Waals surface area contributed by atoms with Gasteiger partial charge in [0.25, 0.3) is 5.91 Å². The first-order valence-electron chi connectivity index (χ1n) is 8.78. The van der Waals surface area contributed by atoms with Crippen LogP contribution in [-0.4, -0.2) is 30.1 Å². The fourth-order valence-electron chi connectivity index (χ4n) is 2.77. The van der Waals surface area contributed by atoms with Crippen molar-refractivity contribution < 1.29 is 9.53 Å². The van der Waals surface area contributed by atoms with Crippen molar-refractivity contribution in [2.45, 2.75) is 0 Å². The third-order valence-electron chi connectivity index (χ3n) is 4.37. The van der Waals surface area contributed by atoms with Crippen LogP contribution in [0, 0.1) is 0 Å². The molecular formula is C22H17ClN2O2S2. The van der Waals surface area contributed by atoms with Gasteiger partial charge in [-0.3, -0.25) is 9.69 Å². The predicted octanol–water partition coefficient (Wildman–Crippen LogP) is 6.31. The lowest BCUT2D eigenvalue weighted by Gasteiger charge is -2.07. The first-order chi connectivity index (χ1) is 14.0. The molecular weight excluding hydrogens is 424 g/mol. The molecule has 29 heavy (non-hydrogen) atoms. The van der Waals surface area contributed by atoms with Crippen LogP contribution in [0.3, 0.4) is 0 Å². The molecule has 0 aliphatic carbocycles. The molecule has 3 aromatic rings. The summed E-state index contributed by atoms with van der Waals surface area (Å²) in [6.45, 7) is 0. The summed E-state index contributed by atoms with van der Waals surface area (Å²) in [5, 5.41) is 3.45. The Labute approximate surface area is 182 Å². The third kappa shape index (κ3) is 4.40. The minimum atomic E-state index is -0.0521. The summed E-state index contributed by atoms with van der Waals surface area (Å²) in [7, 11) is 3.37. The summed E-state index contributed by atoms with van der Waals surface area (Å²) < 4.78 is 5.17. The molecule has 4 rings (SSSR count). The number of amides is 1. The Balaban J connectivity index is 1.56. The molecule has 0 spiro atoms. The zero-order valence-electron chi connectivity index (χ0n) is 15.8. The van der Waals surface area contributed by atoms with Gasteiger partial charge in [0, 0.05) is 16.9 Å². The lowest BCUT2D eigenvalue weighted by Crippen LogP contribution is -2.23. The summed E-state index contributed by atoms with van der Waals surface area (Å²) in [5.74, 6) is 0.718. The molecule has 0 atom stereocenters. The predicted molar refractivity (Wildman–Crippen MR) is 123 cm³/mol. The Morgan fingerprint density at radius 1 is 1.07 bits per heavy atom. The maximum Gasteiger partial charge on any atom is 0.266 e. The Morgan fingerprint density at radius 3 is 2.48 bits per heavy atom. The minimum absolute atomic E-state index is 0.0521. The van der Waals surface area contributed by atoms with E-state index < -0.39 is 0 Å². The van der Waals surface area contributed by atoms with Crippen molar-refractivity contribution in [1.29, 1.82) is 0 Å². The molecule has 1 aliphatic heterocycles. The van der Waals surface area contributed by atoms with Gasteiger partial charge in [0.1, 0.15) is 5.75 Å². The topological polar surface area (TPSA) is 41.9 Å². The van der Waals surface area contributed by atoms with Crippen molar-refractivity contribution >= 4 is 57.5 Å². The molecule has 146 valence electrons. The zero-order chi connectivity index (χ0) is 20.4. The van der Waals surface area contributed by atoms with E-state index in [0.717, 1.165) is 27.4 Å². The van der Waals surface area contributed by atoms with Crippen LogP contribution in [0.2, 0.25) is 5.02 Å². The summed E-state index contributed by atoms with van der Waals surface area (Å²) in [4.78, 5) is 20.5. The van der Waals surface area contributed by atoms with E-state index in [4.69, 9.17) is 16.3 Å². The number of hydrogen-bond donors (Lipinski definition) is 0. The summed E-state index contributed by atoms with van der Waals surface area (Å²) >= 11 is 8.94. The van der Waals surface area contributed by atoms with E-state index in [1.807, 2.05) is 54.6 Å². The van der Waals surface area contributed by atoms with Crippen molar-refractivity contribution in [3.05, 3.63) is 74.8 Å². The molecule has 2 heterocycles. The lowest BCUT2D eigenvalue weighted by atomic mass is 10.1. The smallest absolute Gasteiger partial charge is 0.266 e. The van der Waals surface area contributed by atoms with Crippen LogP contribution >= 0.6 is 34.7 Å². The highest BCUT2D eigenvalue weighted by molar-refractivity contribution is 8.18. The molecule has 0 unspecified atom stereocenters. The molecule has 1 fully saturated rings. The second-order valence-corrected chi connectivity index (χ2v) is 8.70. The van der Waals surface area contributed by atoms with Crippen LogP contribution in [0.1, 0.15) is 4.88 Å². The number of nitrogens with zero attached hydrogens (tertiary/aromatic N) is 2. The number of ether oxygens (including phenoxy) is 1. The van der Waals surface area contributed by atoms with Gasteiger partial charge in [-0.1, -0.05) is 23.7 Å². The average molecular weight is 441 g/mol. The van der Waals surface area contributed by atoms with Crippen molar-refractivity contribution in [3.63, 3.8) is 0 Å². The number of thiophene rings is 1. The number of benzene rings is 2. The molecule has 0 radical (unpaired) electrons. The van der Waals surface area contributed by atoms with E-state index >= 15 is 0 Å². The highest BCUT2D eigenvalue weighted by atomic mass is 35.5. The molecule has 0 saturated carbocycles. The molecule has 1 saturated heterocycles. The number of carbonyl (C=O) groups is 1. The van der Waals surface area contributed by atoms with Gasteiger partial charge >= 0.3 is 0 Å². The number of likely N-dealkylation sites (N-methyl/N-ethyl adjacent to an activating group) is 1. The van der Waals surface area contributed by atoms with Gasteiger partial charge in [-0.25, -0.2) is 4.99 Å². The lowest BCUT2D eigenvalue weighted by molar-refractivity contribution is -0.121. The van der Waals surface area contributed by atoms with E-state index in [2.05, 4.69) is 16.4 Å². The molecule has 1 amide bonds. The van der Waals surface area contributed by atoms with E-state index in [-0.39, 0.29) is 5.91 Å². The van der Waals surface area contributed by atoms with Gasteiger partial charge in [-0.05, 0) is 76.8 Å². The molecule has 7 heteroatoms. The van der Waals surface area contributed by atoms with Gasteiger partial charge in [-0.2, -0.15) is 0 Å². The normalized spacial score (nSPS) is 16.8. The van der Waals surface area contributed by atoms with Crippen molar-refractivity contribution in [3.8, 4) is 16.9 Å². The maximum atomic E-state index is 12.7. The summed E-state index contributed by atoms with van der Waals surface area (Å²) in [5.41, 5.74) is 2.98. The van der Waals surface area contributed by atoms with E-state index in [9.17, 15) is 4.79 Å². The van der Waals surface area contributed by atoms with Gasteiger partial charge < -0.3 is 4.74 Å². The average Bonchev–Trinajstić information content (AvgIpc) is 3.30. The Morgan fingerprint density at radius 2 is 1.79 bits per heavy atom. The number of thioether (sulfide) groups is 1. The van der Waals surface area contributed by atoms with Gasteiger partial charge in [0.15, 0.2) is 5.17 Å². The zero-order valence-corrected chi connectivity index (χ0v) is 18.1. The number of hydrogen-bond acceptors (Lipinski definition) is 5. The molecule has 4 nitrogen and oxygen atoms in total. The quantitative estimate of drug-likeness (QED) is 0.446. The number of halogens is 1. The number of methoxy groups -OCH3 is 1. The minimum Gasteiger partial charge on any atom is -0.497 e. The highest BCUT2D eigenvalue weighted by Gasteiger charge is 2.30. The molecule has 1 aliphatic rings. The first kappa shape index (κ1) is 19.8. The van der Waals surface area contributed by atoms with Crippen molar-refractivity contribution in [2.75, 3.05) is 14.2 Å². The Bertz CT molecular complexity index is 1100. The summed E-state index contributed by atoms with van der Waals surface area (Å²) in [6, 6.07) is 17.2. The van der Waals surface area contributed by atoms with Gasteiger partial charge in [0.05, 0.1) is 17.7 Å². The number of carbonyl (C=O) groups excluding carboxylic acids is 1. The van der Waals surface area contributed by atoms with E-state index in [1.54, 1.807) is 30.4 Å². The van der Waals surface area contributed by atoms with Crippen LogP contribution in [0.4, 0.5) is 5.69 Å². The van der Waals surface area contributed by atoms with Gasteiger partial charge in [0.2, 0.25) is 0 Å². The first-order valence-corrected chi connectivity index (χ1v) is 10.9. The number of amidine groups is 1. The van der Waals surface area contributed by atoms with Crippen LogP contribution < -0.4 is 4.74 Å². The van der Waals surface area contributed by atoms with Crippen LogP contribution in [0.15, 0.2) is 69.9 Å². The second kappa shape index (κ2) is 8.45. The number of aliphatic imine (C=N–C) groups is 1. The Kier molecular flexibility index (Phi) is 5.76. The molecule has 1 aromatic heterocycles. The molecule has 2 aromatic carbocycles. The fraction of sp³-hybridized carbons (Fsp3) is 0.0909. The largest absolute Gasteiger partial charge is 0.497 e. The maximum absolute atomic E-state index is 12.7. The van der Waals surface area contributed by atoms with Gasteiger partial charge in [-0.15, -0.1) is 11.3 Å². The van der Waals surface area contributed by atoms with Crippen LogP contribution in [0.5, 0.6) is 5.75 Å². The van der Waals surface area contributed by atoms with E-state index in [1.165, 1.54) is 11.8 Å². The summed E-state index contributed by atoms with van der Waals surface area (Å²) in [6.07, 6.45) is 1.92. The van der Waals surface area contributed by atoms with Crippen LogP contribution in [0.25, 0.3) is 17.2 Å². The van der Waals surface area contributed by atoms with Crippen LogP contribution in [-0.2, 0) is 4.79 Å².